The molecule has 2 atom stereocenters. The minimum atomic E-state index is -0.877. The molecule has 0 aliphatic heterocycles. The van der Waals surface area contributed by atoms with Gasteiger partial charge in [0.25, 0.3) is 0 Å². The van der Waals surface area contributed by atoms with E-state index in [1.807, 2.05) is 27.7 Å². The number of carbonyl (C=O) groups is 2. The number of hydrogen-bond acceptors (Lipinski definition) is 5. The molecular weight excluding hydrogens is 631 g/mol. The Morgan fingerprint density at radius 3 is 2.13 bits per heavy atom. The number of urea groups is 1. The van der Waals surface area contributed by atoms with Crippen LogP contribution in [-0.4, -0.2) is 36.2 Å². The van der Waals surface area contributed by atoms with Gasteiger partial charge in [-0.15, -0.1) is 0 Å². The zero-order valence-corrected chi connectivity index (χ0v) is 20.5. The van der Waals surface area contributed by atoms with Crippen LogP contribution in [0, 0.1) is 5.92 Å². The second-order valence-electron chi connectivity index (χ2n) is 5.51. The maximum absolute atomic E-state index is 12.5. The quantitative estimate of drug-likeness (QED) is 0.0914. The van der Waals surface area contributed by atoms with Crippen molar-refractivity contribution in [1.29, 1.82) is 0 Å². The first kappa shape index (κ1) is 31.1. The van der Waals surface area contributed by atoms with Crippen molar-refractivity contribution in [3.05, 3.63) is 29.8 Å². The van der Waals surface area contributed by atoms with Crippen LogP contribution in [0.15, 0.2) is 24.3 Å². The fourth-order valence-electron chi connectivity index (χ4n) is 2.27. The molecule has 0 aliphatic carbocycles. The van der Waals surface area contributed by atoms with Crippen LogP contribution in [0.5, 0.6) is 0 Å². The SMILES string of the molecule is CC.CC.NC(=O)NCCCCC(C(=O)Nc1ccc(CO)cc1)C(N)N[C-]=O.[Fm]. The summed E-state index contributed by atoms with van der Waals surface area (Å²) < 4.78 is 0. The van der Waals surface area contributed by atoms with Gasteiger partial charge in [-0.1, -0.05) is 46.2 Å². The summed E-state index contributed by atoms with van der Waals surface area (Å²) in [5.41, 5.74) is 12.1. The monoisotopic (exact) mass is 667 g/mol. The summed E-state index contributed by atoms with van der Waals surface area (Å²) in [6.07, 6.45) is 2.26. The summed E-state index contributed by atoms with van der Waals surface area (Å²) in [6.45, 7) is 8.31. The third kappa shape index (κ3) is 13.5. The van der Waals surface area contributed by atoms with Crippen LogP contribution in [0.2, 0.25) is 0 Å². The smallest absolute Gasteiger partial charge is 0.312 e. The van der Waals surface area contributed by atoms with Gasteiger partial charge in [-0.2, -0.15) is 6.41 Å². The van der Waals surface area contributed by atoms with Crippen molar-refractivity contribution in [3.63, 3.8) is 0 Å². The number of hydrogen-bond donors (Lipinski definition) is 6. The van der Waals surface area contributed by atoms with E-state index in [1.54, 1.807) is 24.3 Å². The average molecular weight is 668 g/mol. The molecule has 10 heteroatoms. The summed E-state index contributed by atoms with van der Waals surface area (Å²) >= 11 is 0. The minimum Gasteiger partial charge on any atom is -0.520 e. The van der Waals surface area contributed by atoms with Crippen molar-refractivity contribution in [2.24, 2.45) is 17.4 Å². The van der Waals surface area contributed by atoms with E-state index < -0.39 is 18.1 Å². The Morgan fingerprint density at radius 2 is 1.67 bits per heavy atom. The number of aliphatic hydroxyl groups is 1. The predicted octanol–water partition coefficient (Wildman–Crippen LogP) is 1.57. The van der Waals surface area contributed by atoms with Crippen molar-refractivity contribution in [1.82, 2.24) is 10.6 Å². The molecule has 0 aliphatic rings. The first-order valence-electron chi connectivity index (χ1n) is 9.90. The van der Waals surface area contributed by atoms with E-state index in [0.29, 0.717) is 31.5 Å². The van der Waals surface area contributed by atoms with Gasteiger partial charge < -0.3 is 37.3 Å². The van der Waals surface area contributed by atoms with Crippen molar-refractivity contribution in [2.45, 2.75) is 59.7 Å². The van der Waals surface area contributed by atoms with Gasteiger partial charge in [-0.3, -0.25) is 4.79 Å². The molecule has 1 aromatic rings. The molecule has 0 bridgehead atoms. The Labute approximate surface area is 173 Å². The van der Waals surface area contributed by atoms with E-state index >= 15 is 0 Å². The molecule has 4 amide bonds. The molecule has 0 heterocycles. The second kappa shape index (κ2) is 20.1. The van der Waals surface area contributed by atoms with Gasteiger partial charge in [0.05, 0.1) is 18.7 Å². The van der Waals surface area contributed by atoms with Gasteiger partial charge in [-0.05, 0) is 30.5 Å². The third-order valence-corrected chi connectivity index (χ3v) is 3.64. The summed E-state index contributed by atoms with van der Waals surface area (Å²) in [5, 5.41) is 16.5. The number of nitrogens with one attached hydrogen (secondary N) is 3. The van der Waals surface area contributed by atoms with Crippen molar-refractivity contribution in [3.8, 4) is 0 Å². The first-order chi connectivity index (χ1) is 14.0. The first-order valence-corrected chi connectivity index (χ1v) is 9.90. The third-order valence-electron chi connectivity index (χ3n) is 3.64. The number of primary amides is 1. The van der Waals surface area contributed by atoms with Gasteiger partial charge in [0.1, 0.15) is 0 Å². The molecular formula is C20H36FmN5O4-. The number of anilines is 1. The van der Waals surface area contributed by atoms with Crippen LogP contribution in [0.1, 0.15) is 52.5 Å². The molecule has 1 aromatic carbocycles. The molecule has 2 unspecified atom stereocenters. The van der Waals surface area contributed by atoms with Crippen LogP contribution in [0.3, 0.4) is 0 Å². The normalized spacial score (nSPS) is 11.0. The van der Waals surface area contributed by atoms with Crippen molar-refractivity contribution < 1.29 is 19.5 Å². The van der Waals surface area contributed by atoms with E-state index in [1.165, 1.54) is 6.41 Å². The van der Waals surface area contributed by atoms with Crippen LogP contribution < -0.4 is 27.4 Å². The topological polar surface area (TPSA) is 160 Å². The van der Waals surface area contributed by atoms with Gasteiger partial charge in [0.15, 0.2) is 0 Å². The van der Waals surface area contributed by atoms with Crippen LogP contribution in [0.25, 0.3) is 0 Å². The zero-order chi connectivity index (χ0) is 22.7. The number of nitrogens with two attached hydrogens (primary N) is 2. The van der Waals surface area contributed by atoms with Crippen LogP contribution in [-0.2, 0) is 16.2 Å². The summed E-state index contributed by atoms with van der Waals surface area (Å²) in [5.74, 6) is -0.998. The van der Waals surface area contributed by atoms with Gasteiger partial charge in [0, 0.05) is 12.2 Å². The molecule has 0 spiro atoms. The van der Waals surface area contributed by atoms with E-state index in [9.17, 15) is 14.4 Å². The fraction of sp³-hybridized carbons (Fsp3) is 0.550. The van der Waals surface area contributed by atoms with E-state index in [0.717, 1.165) is 5.56 Å². The number of benzene rings is 1. The number of rotatable bonds is 11. The summed E-state index contributed by atoms with van der Waals surface area (Å²) in [4.78, 5) is 33.6. The summed E-state index contributed by atoms with van der Waals surface area (Å²) in [6, 6.07) is 6.12. The molecule has 1 rings (SSSR count). The Morgan fingerprint density at radius 1 is 1.10 bits per heavy atom. The van der Waals surface area contributed by atoms with Crippen LogP contribution in [0.4, 0.5) is 10.5 Å². The maximum atomic E-state index is 12.5. The summed E-state index contributed by atoms with van der Waals surface area (Å²) in [7, 11) is 0. The Hall–Kier alpha value is -3.65. The zero-order valence-electron chi connectivity index (χ0n) is 18.1. The Bertz CT molecular complexity index is 573. The average Bonchev–Trinajstić information content (AvgIpc) is 2.74. The molecule has 0 aromatic heterocycles. The Kier molecular flexibility index (Phi) is 20.8. The van der Waals surface area contributed by atoms with Crippen molar-refractivity contribution in [2.75, 3.05) is 11.9 Å². The fourth-order valence-corrected chi connectivity index (χ4v) is 2.27. The largest absolute Gasteiger partial charge is 0.520 e. The number of aliphatic hydroxyl groups excluding tert-OH is 1. The van der Waals surface area contributed by atoms with E-state index in [-0.39, 0.29) is 12.5 Å². The minimum absolute atomic E-state index is 0. The second-order valence-corrected chi connectivity index (χ2v) is 5.51. The van der Waals surface area contributed by atoms with E-state index in [2.05, 4.69) is 16.0 Å². The number of carbonyl (C=O) groups excluding carboxylic acids is 3. The van der Waals surface area contributed by atoms with Gasteiger partial charge >= 0.3 is 6.03 Å². The Balaban J connectivity index is -0.00000137. The van der Waals surface area contributed by atoms with E-state index in [4.69, 9.17) is 16.6 Å². The molecule has 0 fully saturated rings. The van der Waals surface area contributed by atoms with Crippen LogP contribution >= 0.6 is 0 Å². The predicted molar refractivity (Wildman–Crippen MR) is 115 cm³/mol. The molecule has 9 nitrogen and oxygen atoms in total. The molecule has 0 saturated carbocycles. The molecule has 0 radical (unpaired) electrons. The molecule has 8 N–H and O–H groups in total. The van der Waals surface area contributed by atoms with Gasteiger partial charge in [-0.25, -0.2) is 4.79 Å². The molecule has 30 heavy (non-hydrogen) atoms. The standard InChI is InChI=1S/C16H24N5O4.2C2H6.Fm/c17-14(20-10-23)13(3-1-2-8-19-16(18)25)15(24)21-12-6-4-11(9-22)5-7-12;2*1-2;/h4-7,13-14,22H,1-3,8-9,17H2,(H,20,23)(H,21,24)(H3,18,19,25);2*1-2H3;/q-1;;;. The van der Waals surface area contributed by atoms with Crippen molar-refractivity contribution >= 4 is 24.0 Å². The van der Waals surface area contributed by atoms with Gasteiger partial charge in [0.2, 0.25) is 5.91 Å². The molecule has 0 saturated heterocycles. The molecule has 178 valence electrons. The maximum Gasteiger partial charge on any atom is 0.312 e. The number of amides is 4. The number of unbranched alkanes of at least 4 members (excludes halogenated alkanes) is 1.